The SMILES string of the molecule is CCCC/C=C\CCCCCCCC(=O)NC(CO)C(O)/C=C/CC/C=C/CCCCCCCCCCCCCC. The average molecular weight is 576 g/mol. The molecule has 0 bridgehead atoms. The van der Waals surface area contributed by atoms with Crippen LogP contribution in [0.4, 0.5) is 0 Å². The second-order valence-corrected chi connectivity index (χ2v) is 11.9. The van der Waals surface area contributed by atoms with Crippen LogP contribution in [-0.4, -0.2) is 34.9 Å². The molecule has 0 aromatic heterocycles. The first kappa shape index (κ1) is 39.6. The molecule has 2 atom stereocenters. The summed E-state index contributed by atoms with van der Waals surface area (Å²) in [5.41, 5.74) is 0. The van der Waals surface area contributed by atoms with Gasteiger partial charge in [0.05, 0.1) is 18.8 Å². The number of hydrogen-bond acceptors (Lipinski definition) is 3. The van der Waals surface area contributed by atoms with E-state index in [0.29, 0.717) is 6.42 Å². The number of unbranched alkanes of at least 4 members (excludes halogenated alkanes) is 20. The minimum atomic E-state index is -0.862. The Hall–Kier alpha value is -1.39. The minimum absolute atomic E-state index is 0.0869. The van der Waals surface area contributed by atoms with Crippen molar-refractivity contribution in [1.29, 1.82) is 0 Å². The molecule has 4 nitrogen and oxygen atoms in total. The van der Waals surface area contributed by atoms with E-state index < -0.39 is 12.1 Å². The number of nitrogens with one attached hydrogen (secondary N) is 1. The van der Waals surface area contributed by atoms with Gasteiger partial charge >= 0.3 is 0 Å². The molecule has 0 aliphatic carbocycles. The van der Waals surface area contributed by atoms with Crippen LogP contribution in [0.5, 0.6) is 0 Å². The Labute approximate surface area is 255 Å². The molecule has 0 saturated carbocycles. The standard InChI is InChI=1S/C37H69NO3/c1-3-5-7-9-11-13-15-16-17-18-19-20-21-23-24-26-28-30-32-36(40)35(34-39)38-37(41)33-31-29-27-25-22-14-12-10-8-6-4-2/h10,12,23-24,30,32,35-36,39-40H,3-9,11,13-22,25-29,31,33-34H2,1-2H3,(H,38,41)/b12-10-,24-23+,32-30+. The van der Waals surface area contributed by atoms with Crippen LogP contribution >= 0.6 is 0 Å². The monoisotopic (exact) mass is 576 g/mol. The van der Waals surface area contributed by atoms with Gasteiger partial charge in [0.2, 0.25) is 5.91 Å². The fourth-order valence-electron chi connectivity index (χ4n) is 5.05. The molecule has 0 aromatic rings. The first-order chi connectivity index (χ1) is 20.2. The summed E-state index contributed by atoms with van der Waals surface area (Å²) >= 11 is 0. The van der Waals surface area contributed by atoms with E-state index >= 15 is 0 Å². The summed E-state index contributed by atoms with van der Waals surface area (Å²) in [6.07, 6.45) is 42.3. The van der Waals surface area contributed by atoms with Crippen molar-refractivity contribution in [2.45, 2.75) is 187 Å². The molecule has 1 amide bonds. The molecule has 0 aliphatic rings. The Bertz CT molecular complexity index is 628. The van der Waals surface area contributed by atoms with Gasteiger partial charge in [-0.25, -0.2) is 0 Å². The molecule has 2 unspecified atom stereocenters. The maximum Gasteiger partial charge on any atom is 0.220 e. The molecule has 0 rings (SSSR count). The van der Waals surface area contributed by atoms with Crippen molar-refractivity contribution in [2.75, 3.05) is 6.61 Å². The third kappa shape index (κ3) is 29.9. The summed E-state index contributed by atoms with van der Waals surface area (Å²) in [6.45, 7) is 4.24. The highest BCUT2D eigenvalue weighted by atomic mass is 16.3. The number of rotatable bonds is 31. The molecular weight excluding hydrogens is 506 g/mol. The number of aliphatic hydroxyl groups excluding tert-OH is 2. The molecule has 0 aromatic carbocycles. The second kappa shape index (κ2) is 33.1. The number of carbonyl (C=O) groups excluding carboxylic acids is 1. The van der Waals surface area contributed by atoms with Gasteiger partial charge in [-0.3, -0.25) is 4.79 Å². The van der Waals surface area contributed by atoms with Gasteiger partial charge in [0.15, 0.2) is 0 Å². The van der Waals surface area contributed by atoms with Gasteiger partial charge in [0.25, 0.3) is 0 Å². The maximum absolute atomic E-state index is 12.2. The molecule has 0 spiro atoms. The van der Waals surface area contributed by atoms with Crippen LogP contribution in [0.2, 0.25) is 0 Å². The number of aliphatic hydroxyl groups is 2. The lowest BCUT2D eigenvalue weighted by Gasteiger charge is -2.19. The van der Waals surface area contributed by atoms with Gasteiger partial charge in [-0.15, -0.1) is 0 Å². The molecular formula is C37H69NO3. The predicted molar refractivity (Wildman–Crippen MR) is 179 cm³/mol. The van der Waals surface area contributed by atoms with Gasteiger partial charge in [-0.05, 0) is 51.4 Å². The summed E-state index contributed by atoms with van der Waals surface area (Å²) in [5, 5.41) is 22.8. The number of carbonyl (C=O) groups is 1. The van der Waals surface area contributed by atoms with Crippen LogP contribution in [-0.2, 0) is 4.79 Å². The highest BCUT2D eigenvalue weighted by Crippen LogP contribution is 2.13. The highest BCUT2D eigenvalue weighted by molar-refractivity contribution is 5.76. The van der Waals surface area contributed by atoms with Crippen LogP contribution in [0.15, 0.2) is 36.5 Å². The van der Waals surface area contributed by atoms with E-state index in [0.717, 1.165) is 44.9 Å². The molecule has 240 valence electrons. The molecule has 0 aliphatic heterocycles. The van der Waals surface area contributed by atoms with E-state index in [1.54, 1.807) is 6.08 Å². The van der Waals surface area contributed by atoms with Crippen molar-refractivity contribution in [3.8, 4) is 0 Å². The minimum Gasteiger partial charge on any atom is -0.394 e. The average Bonchev–Trinajstić information content (AvgIpc) is 2.97. The zero-order valence-electron chi connectivity index (χ0n) is 27.3. The fourth-order valence-corrected chi connectivity index (χ4v) is 5.05. The van der Waals surface area contributed by atoms with E-state index in [9.17, 15) is 15.0 Å². The van der Waals surface area contributed by atoms with Gasteiger partial charge in [0, 0.05) is 6.42 Å². The lowest BCUT2D eigenvalue weighted by atomic mass is 10.0. The third-order valence-corrected chi connectivity index (χ3v) is 7.85. The molecule has 0 heterocycles. The lowest BCUT2D eigenvalue weighted by Crippen LogP contribution is -2.45. The van der Waals surface area contributed by atoms with E-state index in [2.05, 4.69) is 43.5 Å². The summed E-state index contributed by atoms with van der Waals surface area (Å²) in [5.74, 6) is -0.0869. The quantitative estimate of drug-likeness (QED) is 0.0569. The van der Waals surface area contributed by atoms with Gasteiger partial charge < -0.3 is 15.5 Å². The van der Waals surface area contributed by atoms with E-state index in [1.807, 2.05) is 6.08 Å². The van der Waals surface area contributed by atoms with Gasteiger partial charge in [-0.2, -0.15) is 0 Å². The Kier molecular flexibility index (Phi) is 32.0. The second-order valence-electron chi connectivity index (χ2n) is 11.9. The summed E-state index contributed by atoms with van der Waals surface area (Å²) in [4.78, 5) is 12.2. The zero-order chi connectivity index (χ0) is 30.1. The van der Waals surface area contributed by atoms with Crippen molar-refractivity contribution in [3.63, 3.8) is 0 Å². The highest BCUT2D eigenvalue weighted by Gasteiger charge is 2.17. The van der Waals surface area contributed by atoms with Crippen molar-refractivity contribution < 1.29 is 15.0 Å². The fraction of sp³-hybridized carbons (Fsp3) is 0.811. The summed E-state index contributed by atoms with van der Waals surface area (Å²) in [6, 6.07) is -0.639. The van der Waals surface area contributed by atoms with Crippen molar-refractivity contribution in [3.05, 3.63) is 36.5 Å². The number of allylic oxidation sites excluding steroid dienone is 5. The third-order valence-electron chi connectivity index (χ3n) is 7.85. The van der Waals surface area contributed by atoms with Crippen LogP contribution < -0.4 is 5.32 Å². The summed E-state index contributed by atoms with van der Waals surface area (Å²) in [7, 11) is 0. The van der Waals surface area contributed by atoms with Crippen LogP contribution in [0.25, 0.3) is 0 Å². The largest absolute Gasteiger partial charge is 0.394 e. The van der Waals surface area contributed by atoms with E-state index in [1.165, 1.54) is 109 Å². The first-order valence-corrected chi connectivity index (χ1v) is 17.7. The lowest BCUT2D eigenvalue weighted by molar-refractivity contribution is -0.123. The summed E-state index contributed by atoms with van der Waals surface area (Å²) < 4.78 is 0. The molecule has 0 radical (unpaired) electrons. The smallest absolute Gasteiger partial charge is 0.220 e. The van der Waals surface area contributed by atoms with Crippen LogP contribution in [0, 0.1) is 0 Å². The van der Waals surface area contributed by atoms with Gasteiger partial charge in [-0.1, -0.05) is 153 Å². The Balaban J connectivity index is 3.69. The van der Waals surface area contributed by atoms with E-state index in [4.69, 9.17) is 0 Å². The number of hydrogen-bond donors (Lipinski definition) is 3. The van der Waals surface area contributed by atoms with Crippen molar-refractivity contribution in [2.24, 2.45) is 0 Å². The number of amides is 1. The predicted octanol–water partition coefficient (Wildman–Crippen LogP) is 10.3. The normalized spacial score (nSPS) is 13.6. The Morgan fingerprint density at radius 1 is 0.561 bits per heavy atom. The van der Waals surface area contributed by atoms with Crippen LogP contribution in [0.3, 0.4) is 0 Å². The molecule has 4 heteroatoms. The van der Waals surface area contributed by atoms with Crippen molar-refractivity contribution in [1.82, 2.24) is 5.32 Å². The Morgan fingerprint density at radius 3 is 1.49 bits per heavy atom. The topological polar surface area (TPSA) is 69.6 Å². The zero-order valence-corrected chi connectivity index (χ0v) is 27.3. The Morgan fingerprint density at radius 2 is 0.976 bits per heavy atom. The maximum atomic E-state index is 12.2. The molecule has 0 saturated heterocycles. The van der Waals surface area contributed by atoms with Crippen molar-refractivity contribution >= 4 is 5.91 Å². The van der Waals surface area contributed by atoms with Gasteiger partial charge in [0.1, 0.15) is 0 Å². The molecule has 41 heavy (non-hydrogen) atoms. The first-order valence-electron chi connectivity index (χ1n) is 17.7. The molecule has 3 N–H and O–H groups in total. The molecule has 0 fully saturated rings. The van der Waals surface area contributed by atoms with Crippen LogP contribution in [0.1, 0.15) is 174 Å². The van der Waals surface area contributed by atoms with E-state index in [-0.39, 0.29) is 12.5 Å².